The SMILES string of the molecule is O=C(Nc1nc(-c2cccs2)cs1)c1cccc(-n2cnnn2)c1. The molecule has 0 saturated heterocycles. The molecule has 3 heterocycles. The van der Waals surface area contributed by atoms with Crippen molar-refractivity contribution in [2.24, 2.45) is 0 Å². The molecule has 4 aromatic rings. The predicted octanol–water partition coefficient (Wildman–Crippen LogP) is 3.10. The van der Waals surface area contributed by atoms with Crippen molar-refractivity contribution in [1.29, 1.82) is 0 Å². The van der Waals surface area contributed by atoms with Gasteiger partial charge < -0.3 is 0 Å². The molecule has 24 heavy (non-hydrogen) atoms. The number of rotatable bonds is 4. The predicted molar refractivity (Wildman–Crippen MR) is 92.5 cm³/mol. The van der Waals surface area contributed by atoms with Gasteiger partial charge in [-0.3, -0.25) is 10.1 Å². The van der Waals surface area contributed by atoms with Gasteiger partial charge >= 0.3 is 0 Å². The molecule has 0 unspecified atom stereocenters. The molecule has 0 aliphatic rings. The zero-order valence-corrected chi connectivity index (χ0v) is 13.8. The second-order valence-corrected chi connectivity index (χ2v) is 6.58. The molecule has 1 aromatic carbocycles. The molecule has 1 N–H and O–H groups in total. The summed E-state index contributed by atoms with van der Waals surface area (Å²) in [6, 6.07) is 11.0. The molecule has 118 valence electrons. The van der Waals surface area contributed by atoms with Gasteiger partial charge in [0.15, 0.2) is 5.13 Å². The van der Waals surface area contributed by atoms with Crippen LogP contribution < -0.4 is 5.32 Å². The largest absolute Gasteiger partial charge is 0.298 e. The average molecular weight is 354 g/mol. The van der Waals surface area contributed by atoms with Gasteiger partial charge in [0.05, 0.1) is 16.3 Å². The minimum atomic E-state index is -0.225. The van der Waals surface area contributed by atoms with Crippen LogP contribution in [0.15, 0.2) is 53.5 Å². The Morgan fingerprint density at radius 2 is 2.12 bits per heavy atom. The molecule has 0 radical (unpaired) electrons. The van der Waals surface area contributed by atoms with Crippen molar-refractivity contribution in [1.82, 2.24) is 25.2 Å². The fourth-order valence-electron chi connectivity index (χ4n) is 2.11. The van der Waals surface area contributed by atoms with Gasteiger partial charge in [-0.1, -0.05) is 12.1 Å². The summed E-state index contributed by atoms with van der Waals surface area (Å²) in [7, 11) is 0. The first-order valence-corrected chi connectivity index (χ1v) is 8.70. The molecular weight excluding hydrogens is 344 g/mol. The molecule has 0 aliphatic heterocycles. The summed E-state index contributed by atoms with van der Waals surface area (Å²) in [4.78, 5) is 18.0. The number of aromatic nitrogens is 5. The number of anilines is 1. The standard InChI is InChI=1S/C15H10N6OS2/c22-14(10-3-1-4-11(7-10)21-9-16-19-20-21)18-15-17-12(8-24-15)13-5-2-6-23-13/h1-9H,(H,17,18,22). The summed E-state index contributed by atoms with van der Waals surface area (Å²) in [5, 5.41) is 18.3. The highest BCUT2D eigenvalue weighted by Gasteiger charge is 2.11. The number of thiazole rings is 1. The Morgan fingerprint density at radius 1 is 1.17 bits per heavy atom. The monoisotopic (exact) mass is 354 g/mol. The first-order chi connectivity index (χ1) is 11.8. The van der Waals surface area contributed by atoms with Gasteiger partial charge in [0, 0.05) is 10.9 Å². The number of carbonyl (C=O) groups is 1. The molecule has 0 aliphatic carbocycles. The van der Waals surface area contributed by atoms with Gasteiger partial charge in [0.1, 0.15) is 6.33 Å². The van der Waals surface area contributed by atoms with Crippen LogP contribution in [0.2, 0.25) is 0 Å². The van der Waals surface area contributed by atoms with Crippen molar-refractivity contribution in [2.75, 3.05) is 5.32 Å². The van der Waals surface area contributed by atoms with E-state index in [2.05, 4.69) is 25.8 Å². The van der Waals surface area contributed by atoms with E-state index < -0.39 is 0 Å². The Bertz CT molecular complexity index is 962. The molecule has 0 saturated carbocycles. The van der Waals surface area contributed by atoms with E-state index in [1.165, 1.54) is 22.3 Å². The lowest BCUT2D eigenvalue weighted by molar-refractivity contribution is 0.102. The third-order valence-corrected chi connectivity index (χ3v) is 4.87. The van der Waals surface area contributed by atoms with E-state index in [9.17, 15) is 4.79 Å². The molecule has 0 fully saturated rings. The Labute approximate surface area is 144 Å². The van der Waals surface area contributed by atoms with E-state index in [0.717, 1.165) is 10.6 Å². The number of benzene rings is 1. The first-order valence-electron chi connectivity index (χ1n) is 6.94. The van der Waals surface area contributed by atoms with Crippen LogP contribution in [0.5, 0.6) is 0 Å². The van der Waals surface area contributed by atoms with Crippen LogP contribution in [-0.2, 0) is 0 Å². The second-order valence-electron chi connectivity index (χ2n) is 4.77. The highest BCUT2D eigenvalue weighted by atomic mass is 32.1. The lowest BCUT2D eigenvalue weighted by Gasteiger charge is -2.04. The quantitative estimate of drug-likeness (QED) is 0.609. The minimum Gasteiger partial charge on any atom is -0.298 e. The van der Waals surface area contributed by atoms with Crippen molar-refractivity contribution in [3.05, 3.63) is 59.0 Å². The van der Waals surface area contributed by atoms with E-state index in [-0.39, 0.29) is 5.91 Å². The van der Waals surface area contributed by atoms with Crippen LogP contribution in [-0.4, -0.2) is 31.1 Å². The van der Waals surface area contributed by atoms with Crippen molar-refractivity contribution in [3.8, 4) is 16.3 Å². The number of thiophene rings is 1. The summed E-state index contributed by atoms with van der Waals surface area (Å²) in [5.41, 5.74) is 2.09. The van der Waals surface area contributed by atoms with E-state index in [1.54, 1.807) is 29.5 Å². The third-order valence-electron chi connectivity index (χ3n) is 3.22. The molecule has 1 amide bonds. The van der Waals surface area contributed by atoms with Crippen LogP contribution in [0.25, 0.3) is 16.3 Å². The van der Waals surface area contributed by atoms with Gasteiger partial charge in [-0.05, 0) is 40.1 Å². The normalized spacial score (nSPS) is 10.7. The maximum absolute atomic E-state index is 12.4. The molecule has 0 bridgehead atoms. The molecule has 9 heteroatoms. The summed E-state index contributed by atoms with van der Waals surface area (Å²) in [6.07, 6.45) is 1.48. The van der Waals surface area contributed by atoms with E-state index in [4.69, 9.17) is 0 Å². The summed E-state index contributed by atoms with van der Waals surface area (Å²) >= 11 is 3.01. The number of hydrogen-bond donors (Lipinski definition) is 1. The fourth-order valence-corrected chi connectivity index (χ4v) is 3.57. The Balaban J connectivity index is 1.53. The van der Waals surface area contributed by atoms with Crippen molar-refractivity contribution >= 4 is 33.7 Å². The zero-order chi connectivity index (χ0) is 16.4. The zero-order valence-electron chi connectivity index (χ0n) is 12.2. The van der Waals surface area contributed by atoms with E-state index >= 15 is 0 Å². The van der Waals surface area contributed by atoms with E-state index in [1.807, 2.05) is 29.0 Å². The first kappa shape index (κ1) is 14.7. The molecule has 0 atom stereocenters. The Kier molecular flexibility index (Phi) is 3.85. The summed E-state index contributed by atoms with van der Waals surface area (Å²) < 4.78 is 1.50. The summed E-state index contributed by atoms with van der Waals surface area (Å²) in [6.45, 7) is 0. The van der Waals surface area contributed by atoms with Crippen LogP contribution in [0.4, 0.5) is 5.13 Å². The molecule has 0 spiro atoms. The number of nitrogens with zero attached hydrogens (tertiary/aromatic N) is 5. The van der Waals surface area contributed by atoms with Crippen molar-refractivity contribution in [3.63, 3.8) is 0 Å². The van der Waals surface area contributed by atoms with Crippen molar-refractivity contribution < 1.29 is 4.79 Å². The van der Waals surface area contributed by atoms with Crippen LogP contribution in [0.3, 0.4) is 0 Å². The molecule has 4 rings (SSSR count). The topological polar surface area (TPSA) is 85.6 Å². The maximum atomic E-state index is 12.4. The smallest absolute Gasteiger partial charge is 0.257 e. The lowest BCUT2D eigenvalue weighted by Crippen LogP contribution is -2.12. The van der Waals surface area contributed by atoms with Crippen LogP contribution in [0.1, 0.15) is 10.4 Å². The number of amides is 1. The lowest BCUT2D eigenvalue weighted by atomic mass is 10.2. The fraction of sp³-hybridized carbons (Fsp3) is 0. The van der Waals surface area contributed by atoms with Gasteiger partial charge in [-0.25, -0.2) is 9.67 Å². The van der Waals surface area contributed by atoms with Gasteiger partial charge in [0.2, 0.25) is 0 Å². The van der Waals surface area contributed by atoms with Crippen molar-refractivity contribution in [2.45, 2.75) is 0 Å². The minimum absolute atomic E-state index is 0.225. The van der Waals surface area contributed by atoms with Crippen LogP contribution >= 0.6 is 22.7 Å². The Morgan fingerprint density at radius 3 is 2.92 bits per heavy atom. The maximum Gasteiger partial charge on any atom is 0.257 e. The second kappa shape index (κ2) is 6.30. The van der Waals surface area contributed by atoms with Gasteiger partial charge in [-0.15, -0.1) is 27.8 Å². The summed E-state index contributed by atoms with van der Waals surface area (Å²) in [5.74, 6) is -0.225. The number of carbonyl (C=O) groups excluding carboxylic acids is 1. The molecule has 7 nitrogen and oxygen atoms in total. The Hall–Kier alpha value is -2.91. The van der Waals surface area contributed by atoms with Gasteiger partial charge in [-0.2, -0.15) is 0 Å². The number of hydrogen-bond acceptors (Lipinski definition) is 7. The molecule has 3 aromatic heterocycles. The highest BCUT2D eigenvalue weighted by molar-refractivity contribution is 7.16. The number of tetrazole rings is 1. The van der Waals surface area contributed by atoms with E-state index in [0.29, 0.717) is 16.4 Å². The highest BCUT2D eigenvalue weighted by Crippen LogP contribution is 2.28. The average Bonchev–Trinajstić information content (AvgIpc) is 3.36. The molecular formula is C15H10N6OS2. The van der Waals surface area contributed by atoms with Crippen LogP contribution in [0, 0.1) is 0 Å². The third kappa shape index (κ3) is 2.94. The van der Waals surface area contributed by atoms with Gasteiger partial charge in [0.25, 0.3) is 5.91 Å². The number of nitrogens with one attached hydrogen (secondary N) is 1.